The molecule has 0 aromatic heterocycles. The van der Waals surface area contributed by atoms with E-state index >= 15 is 0 Å². The number of aliphatic hydroxyl groups is 5. The van der Waals surface area contributed by atoms with Crippen molar-refractivity contribution in [3.63, 3.8) is 0 Å². The number of thioether (sulfide) groups is 2. The molecule has 2 rings (SSSR count). The Kier molecular flexibility index (Phi) is 9.64. The minimum absolute atomic E-state index is 0.430. The van der Waals surface area contributed by atoms with Gasteiger partial charge in [-0.15, -0.1) is 23.5 Å². The second-order valence-electron chi connectivity index (χ2n) is 6.18. The molecule has 0 bridgehead atoms. The van der Waals surface area contributed by atoms with Crippen LogP contribution in [0.3, 0.4) is 0 Å². The highest BCUT2D eigenvalue weighted by Crippen LogP contribution is 2.34. The van der Waals surface area contributed by atoms with Crippen molar-refractivity contribution < 1.29 is 25.5 Å². The first kappa shape index (κ1) is 22.2. The monoisotopic (exact) mass is 410 g/mol. The summed E-state index contributed by atoms with van der Waals surface area (Å²) in [5.74, 6) is 1.27. The standard InChI is InChI=1S/C20H26O5S2/c21-11-16(22)17(23)18(24)19(25)20(26-12-14-7-3-1-4-8-14)27-13-15-9-5-2-6-10-15/h1-10,16-25H,11-13H2/t16-,17+,18-,19+/m1/s1. The first-order valence-electron chi connectivity index (χ1n) is 8.67. The van der Waals surface area contributed by atoms with Gasteiger partial charge in [0.05, 0.1) is 11.2 Å². The lowest BCUT2D eigenvalue weighted by Gasteiger charge is -2.30. The Bertz CT molecular complexity index is 600. The average Bonchev–Trinajstić information content (AvgIpc) is 2.73. The van der Waals surface area contributed by atoms with Crippen LogP contribution in [0.25, 0.3) is 0 Å². The molecule has 0 aliphatic carbocycles. The van der Waals surface area contributed by atoms with Gasteiger partial charge in [-0.2, -0.15) is 0 Å². The van der Waals surface area contributed by atoms with Gasteiger partial charge in [0.2, 0.25) is 0 Å². The minimum atomic E-state index is -1.62. The third kappa shape index (κ3) is 7.12. The molecule has 0 saturated carbocycles. The number of benzene rings is 2. The third-order valence-electron chi connectivity index (χ3n) is 4.07. The van der Waals surface area contributed by atoms with Gasteiger partial charge >= 0.3 is 0 Å². The van der Waals surface area contributed by atoms with Crippen molar-refractivity contribution in [3.05, 3.63) is 71.8 Å². The summed E-state index contributed by atoms with van der Waals surface area (Å²) in [4.78, 5) is 0. The Morgan fingerprint density at radius 2 is 1.07 bits per heavy atom. The first-order valence-corrected chi connectivity index (χ1v) is 10.8. The Hall–Kier alpha value is -1.06. The van der Waals surface area contributed by atoms with Gasteiger partial charge in [0.25, 0.3) is 0 Å². The van der Waals surface area contributed by atoms with Crippen molar-refractivity contribution in [3.8, 4) is 0 Å². The van der Waals surface area contributed by atoms with Crippen LogP contribution in [0.2, 0.25) is 0 Å². The molecule has 0 saturated heterocycles. The predicted molar refractivity (Wildman–Crippen MR) is 110 cm³/mol. The first-order chi connectivity index (χ1) is 13.0. The molecule has 148 valence electrons. The van der Waals surface area contributed by atoms with Crippen molar-refractivity contribution >= 4 is 23.5 Å². The molecular weight excluding hydrogens is 384 g/mol. The topological polar surface area (TPSA) is 101 Å². The molecule has 5 N–H and O–H groups in total. The average molecular weight is 411 g/mol. The van der Waals surface area contributed by atoms with E-state index in [1.165, 1.54) is 23.5 Å². The molecule has 0 unspecified atom stereocenters. The van der Waals surface area contributed by atoms with Gasteiger partial charge in [0.1, 0.15) is 24.4 Å². The van der Waals surface area contributed by atoms with E-state index in [2.05, 4.69) is 0 Å². The molecule has 0 radical (unpaired) electrons. The Balaban J connectivity index is 2.04. The molecule has 5 nitrogen and oxygen atoms in total. The molecule has 0 spiro atoms. The Morgan fingerprint density at radius 3 is 1.48 bits per heavy atom. The van der Waals surface area contributed by atoms with Crippen molar-refractivity contribution in [1.29, 1.82) is 0 Å². The van der Waals surface area contributed by atoms with Crippen molar-refractivity contribution in [2.24, 2.45) is 0 Å². The summed E-state index contributed by atoms with van der Waals surface area (Å²) in [6.07, 6.45) is -5.97. The maximum absolute atomic E-state index is 10.6. The second kappa shape index (κ2) is 11.7. The highest BCUT2D eigenvalue weighted by atomic mass is 32.2. The predicted octanol–water partition coefficient (Wildman–Crippen LogP) is 1.62. The quantitative estimate of drug-likeness (QED) is 0.359. The van der Waals surface area contributed by atoms with Crippen LogP contribution < -0.4 is 0 Å². The molecule has 0 aliphatic heterocycles. The molecule has 4 atom stereocenters. The summed E-state index contributed by atoms with van der Waals surface area (Å²) in [6.45, 7) is -0.691. The van der Waals surface area contributed by atoms with Crippen molar-refractivity contribution in [2.75, 3.05) is 6.61 Å². The van der Waals surface area contributed by atoms with Crippen LogP contribution in [-0.4, -0.2) is 61.1 Å². The van der Waals surface area contributed by atoms with E-state index in [-0.39, 0.29) is 0 Å². The van der Waals surface area contributed by atoms with Gasteiger partial charge < -0.3 is 25.5 Å². The number of rotatable bonds is 11. The van der Waals surface area contributed by atoms with Gasteiger partial charge in [-0.1, -0.05) is 60.7 Å². The van der Waals surface area contributed by atoms with E-state index in [1.54, 1.807) is 0 Å². The summed E-state index contributed by atoms with van der Waals surface area (Å²) >= 11 is 2.93. The molecule has 2 aromatic carbocycles. The van der Waals surface area contributed by atoms with Gasteiger partial charge in [0.15, 0.2) is 0 Å². The summed E-state index contributed by atoms with van der Waals surface area (Å²) in [5.41, 5.74) is 2.18. The van der Waals surface area contributed by atoms with E-state index in [1.807, 2.05) is 60.7 Å². The molecular formula is C20H26O5S2. The zero-order chi connectivity index (χ0) is 19.6. The van der Waals surface area contributed by atoms with Gasteiger partial charge in [-0.25, -0.2) is 0 Å². The lowest BCUT2D eigenvalue weighted by Crippen LogP contribution is -2.48. The lowest BCUT2D eigenvalue weighted by molar-refractivity contribution is -0.111. The molecule has 27 heavy (non-hydrogen) atoms. The Labute approximate surface area is 168 Å². The fraction of sp³-hybridized carbons (Fsp3) is 0.400. The maximum atomic E-state index is 10.6. The minimum Gasteiger partial charge on any atom is -0.394 e. The third-order valence-corrected chi connectivity index (χ3v) is 7.11. The fourth-order valence-electron chi connectivity index (χ4n) is 2.45. The fourth-order valence-corrected chi connectivity index (χ4v) is 5.06. The molecule has 0 heterocycles. The molecule has 0 amide bonds. The van der Waals surface area contributed by atoms with E-state index < -0.39 is 35.6 Å². The van der Waals surface area contributed by atoms with E-state index in [9.17, 15) is 20.4 Å². The van der Waals surface area contributed by atoms with E-state index in [0.29, 0.717) is 11.5 Å². The summed E-state index contributed by atoms with van der Waals surface area (Å²) in [5, 5.41) is 49.3. The van der Waals surface area contributed by atoms with Gasteiger partial charge in [-0.05, 0) is 11.1 Å². The van der Waals surface area contributed by atoms with Gasteiger partial charge in [-0.3, -0.25) is 0 Å². The van der Waals surface area contributed by atoms with Crippen molar-refractivity contribution in [1.82, 2.24) is 0 Å². The van der Waals surface area contributed by atoms with Crippen LogP contribution in [0.1, 0.15) is 11.1 Å². The molecule has 2 aromatic rings. The molecule has 0 aliphatic rings. The van der Waals surface area contributed by atoms with E-state index in [0.717, 1.165) is 11.1 Å². The normalized spacial score (nSPS) is 16.1. The van der Waals surface area contributed by atoms with Crippen LogP contribution in [0.15, 0.2) is 60.7 Å². The highest BCUT2D eigenvalue weighted by Gasteiger charge is 2.35. The SMILES string of the molecule is OC[C@@H](O)[C@H](O)[C@@H](O)[C@H](O)C(SCc1ccccc1)SCc1ccccc1. The van der Waals surface area contributed by atoms with Crippen LogP contribution >= 0.6 is 23.5 Å². The number of aliphatic hydroxyl groups excluding tert-OH is 5. The molecule has 7 heteroatoms. The summed E-state index contributed by atoms with van der Waals surface area (Å²) in [7, 11) is 0. The number of hydrogen-bond acceptors (Lipinski definition) is 7. The van der Waals surface area contributed by atoms with E-state index in [4.69, 9.17) is 5.11 Å². The maximum Gasteiger partial charge on any atom is 0.111 e. The Morgan fingerprint density at radius 1 is 0.630 bits per heavy atom. The number of hydrogen-bond donors (Lipinski definition) is 5. The zero-order valence-corrected chi connectivity index (χ0v) is 16.5. The van der Waals surface area contributed by atoms with Crippen molar-refractivity contribution in [2.45, 2.75) is 40.5 Å². The van der Waals surface area contributed by atoms with Crippen LogP contribution in [0, 0.1) is 0 Å². The van der Waals surface area contributed by atoms with Crippen LogP contribution in [0.4, 0.5) is 0 Å². The zero-order valence-electron chi connectivity index (χ0n) is 14.8. The molecule has 0 fully saturated rings. The van der Waals surface area contributed by atoms with Crippen LogP contribution in [0.5, 0.6) is 0 Å². The largest absolute Gasteiger partial charge is 0.394 e. The summed E-state index contributed by atoms with van der Waals surface area (Å²) in [6, 6.07) is 19.6. The van der Waals surface area contributed by atoms with Gasteiger partial charge in [0, 0.05) is 11.5 Å². The van der Waals surface area contributed by atoms with Crippen LogP contribution in [-0.2, 0) is 11.5 Å². The lowest BCUT2D eigenvalue weighted by atomic mass is 10.0. The smallest absolute Gasteiger partial charge is 0.111 e. The summed E-state index contributed by atoms with van der Waals surface area (Å²) < 4.78 is -0.430. The highest BCUT2D eigenvalue weighted by molar-refractivity contribution is 8.16. The second-order valence-corrected chi connectivity index (χ2v) is 8.74.